The number of carbonyl (C=O) groups is 2. The van der Waals surface area contributed by atoms with Crippen LogP contribution < -0.4 is 10.6 Å². The summed E-state index contributed by atoms with van der Waals surface area (Å²) in [6.45, 7) is 3.75. The highest BCUT2D eigenvalue weighted by atomic mass is 19.1. The van der Waals surface area contributed by atoms with E-state index >= 15 is 0 Å². The number of esters is 1. The second kappa shape index (κ2) is 6.84. The fraction of sp³-hybridized carbons (Fsp3) is 0.385. The van der Waals surface area contributed by atoms with Gasteiger partial charge in [0.15, 0.2) is 6.04 Å². The first-order chi connectivity index (χ1) is 9.01. The van der Waals surface area contributed by atoms with Crippen LogP contribution in [-0.2, 0) is 14.3 Å². The lowest BCUT2D eigenvalue weighted by atomic mass is 10.2. The third-order valence-electron chi connectivity index (χ3n) is 2.51. The summed E-state index contributed by atoms with van der Waals surface area (Å²) >= 11 is 0. The summed E-state index contributed by atoms with van der Waals surface area (Å²) < 4.78 is 17.8. The number of nitrogens with zero attached hydrogens (tertiary/aromatic N) is 1. The molecule has 0 aliphatic rings. The minimum absolute atomic E-state index is 0.145. The lowest BCUT2D eigenvalue weighted by molar-refractivity contribution is -0.147. The van der Waals surface area contributed by atoms with Gasteiger partial charge >= 0.3 is 5.97 Å². The van der Waals surface area contributed by atoms with Crippen molar-refractivity contribution in [1.29, 1.82) is 0 Å². The number of anilines is 1. The largest absolute Gasteiger partial charge is 0.464 e. The number of carbonyl (C=O) groups excluding carboxylic acids is 2. The summed E-state index contributed by atoms with van der Waals surface area (Å²) in [5.41, 5.74) is 5.89. The molecule has 6 heteroatoms. The van der Waals surface area contributed by atoms with Crippen molar-refractivity contribution in [3.8, 4) is 0 Å². The van der Waals surface area contributed by atoms with Gasteiger partial charge in [-0.05, 0) is 32.0 Å². The van der Waals surface area contributed by atoms with Crippen LogP contribution in [0.5, 0.6) is 0 Å². The van der Waals surface area contributed by atoms with E-state index in [4.69, 9.17) is 10.5 Å². The van der Waals surface area contributed by atoms with Gasteiger partial charge in [0.2, 0.25) is 0 Å². The fourth-order valence-corrected chi connectivity index (χ4v) is 1.61. The zero-order valence-corrected chi connectivity index (χ0v) is 10.9. The highest BCUT2D eigenvalue weighted by Crippen LogP contribution is 2.16. The van der Waals surface area contributed by atoms with Crippen LogP contribution in [0, 0.1) is 5.82 Å². The van der Waals surface area contributed by atoms with Crippen LogP contribution in [0.2, 0.25) is 0 Å². The Morgan fingerprint density at radius 1 is 1.42 bits per heavy atom. The monoisotopic (exact) mass is 268 g/mol. The number of amides is 1. The molecule has 2 N–H and O–H groups in total. The van der Waals surface area contributed by atoms with Gasteiger partial charge in [0.1, 0.15) is 5.82 Å². The molecule has 0 aromatic heterocycles. The Bertz CT molecular complexity index is 465. The molecule has 0 radical (unpaired) electrons. The molecular formula is C13H17FN2O3. The van der Waals surface area contributed by atoms with E-state index in [0.29, 0.717) is 5.69 Å². The Kier molecular flexibility index (Phi) is 5.44. The van der Waals surface area contributed by atoms with Gasteiger partial charge in [-0.25, -0.2) is 9.18 Å². The SMILES string of the molecule is CCOC(=O)C(N)C(=O)N(CC)c1cccc(F)c1. The molecule has 104 valence electrons. The number of hydrogen-bond acceptors (Lipinski definition) is 4. The second-order valence-corrected chi connectivity index (χ2v) is 3.79. The highest BCUT2D eigenvalue weighted by molar-refractivity contribution is 6.09. The number of benzene rings is 1. The number of nitrogens with two attached hydrogens (primary N) is 1. The standard InChI is InChI=1S/C13H17FN2O3/c1-3-16(10-7-5-6-9(14)8-10)12(17)11(15)13(18)19-4-2/h5-8,11H,3-4,15H2,1-2H3. The average molecular weight is 268 g/mol. The summed E-state index contributed by atoms with van der Waals surface area (Å²) in [7, 11) is 0. The molecule has 0 spiro atoms. The van der Waals surface area contributed by atoms with E-state index < -0.39 is 23.7 Å². The zero-order valence-electron chi connectivity index (χ0n) is 10.9. The number of likely N-dealkylation sites (N-methyl/N-ethyl adjacent to an activating group) is 1. The van der Waals surface area contributed by atoms with Crippen LogP contribution in [0.1, 0.15) is 13.8 Å². The number of halogens is 1. The third-order valence-corrected chi connectivity index (χ3v) is 2.51. The van der Waals surface area contributed by atoms with Crippen LogP contribution in [-0.4, -0.2) is 31.1 Å². The number of rotatable bonds is 5. The van der Waals surface area contributed by atoms with Crippen molar-refractivity contribution in [1.82, 2.24) is 0 Å². The molecule has 0 aliphatic heterocycles. The normalized spacial score (nSPS) is 11.8. The third kappa shape index (κ3) is 3.75. The van der Waals surface area contributed by atoms with E-state index in [1.165, 1.54) is 23.1 Å². The molecule has 1 amide bonds. The van der Waals surface area contributed by atoms with Gasteiger partial charge in [0, 0.05) is 12.2 Å². The quantitative estimate of drug-likeness (QED) is 0.640. The minimum Gasteiger partial charge on any atom is -0.464 e. The van der Waals surface area contributed by atoms with Crippen molar-refractivity contribution in [3.05, 3.63) is 30.1 Å². The van der Waals surface area contributed by atoms with Crippen LogP contribution in [0.4, 0.5) is 10.1 Å². The van der Waals surface area contributed by atoms with Gasteiger partial charge in [0.05, 0.1) is 6.61 Å². The predicted molar refractivity (Wildman–Crippen MR) is 69.0 cm³/mol. The average Bonchev–Trinajstić information content (AvgIpc) is 2.39. The summed E-state index contributed by atoms with van der Waals surface area (Å²) in [6.07, 6.45) is 0. The van der Waals surface area contributed by atoms with Crippen molar-refractivity contribution in [2.24, 2.45) is 5.73 Å². The molecular weight excluding hydrogens is 251 g/mol. The van der Waals surface area contributed by atoms with Gasteiger partial charge in [-0.3, -0.25) is 4.79 Å². The maximum Gasteiger partial charge on any atom is 0.332 e. The lowest BCUT2D eigenvalue weighted by Gasteiger charge is -2.23. The Morgan fingerprint density at radius 3 is 2.63 bits per heavy atom. The fourth-order valence-electron chi connectivity index (χ4n) is 1.61. The molecule has 1 atom stereocenters. The number of hydrogen-bond donors (Lipinski definition) is 1. The van der Waals surface area contributed by atoms with Crippen molar-refractivity contribution in [3.63, 3.8) is 0 Å². The first-order valence-electron chi connectivity index (χ1n) is 6.00. The van der Waals surface area contributed by atoms with E-state index in [0.717, 1.165) is 0 Å². The molecule has 19 heavy (non-hydrogen) atoms. The van der Waals surface area contributed by atoms with Crippen molar-refractivity contribution >= 4 is 17.6 Å². The predicted octanol–water partition coefficient (Wildman–Crippen LogP) is 1.07. The summed E-state index contributed by atoms with van der Waals surface area (Å²) in [5.74, 6) is -1.87. The Morgan fingerprint density at radius 2 is 2.11 bits per heavy atom. The second-order valence-electron chi connectivity index (χ2n) is 3.79. The van der Waals surface area contributed by atoms with E-state index in [-0.39, 0.29) is 13.2 Å². The molecule has 0 saturated heterocycles. The Labute approximate surface area is 111 Å². The maximum absolute atomic E-state index is 13.1. The first-order valence-corrected chi connectivity index (χ1v) is 6.00. The molecule has 1 unspecified atom stereocenters. The maximum atomic E-state index is 13.1. The highest BCUT2D eigenvalue weighted by Gasteiger charge is 2.28. The van der Waals surface area contributed by atoms with Crippen LogP contribution in [0.15, 0.2) is 24.3 Å². The molecule has 0 bridgehead atoms. The van der Waals surface area contributed by atoms with Crippen molar-refractivity contribution < 1.29 is 18.7 Å². The van der Waals surface area contributed by atoms with E-state index in [1.807, 2.05) is 0 Å². The van der Waals surface area contributed by atoms with Crippen LogP contribution >= 0.6 is 0 Å². The van der Waals surface area contributed by atoms with Gasteiger partial charge < -0.3 is 15.4 Å². The molecule has 0 aliphatic carbocycles. The Hall–Kier alpha value is -1.95. The van der Waals surface area contributed by atoms with E-state index in [1.54, 1.807) is 19.9 Å². The molecule has 5 nitrogen and oxygen atoms in total. The zero-order chi connectivity index (χ0) is 14.4. The number of ether oxygens (including phenoxy) is 1. The van der Waals surface area contributed by atoms with Gasteiger partial charge in [-0.1, -0.05) is 6.07 Å². The van der Waals surface area contributed by atoms with Crippen LogP contribution in [0.25, 0.3) is 0 Å². The topological polar surface area (TPSA) is 72.6 Å². The smallest absolute Gasteiger partial charge is 0.332 e. The first kappa shape index (κ1) is 15.1. The summed E-state index contributed by atoms with van der Waals surface area (Å²) in [4.78, 5) is 24.8. The summed E-state index contributed by atoms with van der Waals surface area (Å²) in [6, 6.07) is 4.13. The van der Waals surface area contributed by atoms with E-state index in [2.05, 4.69) is 0 Å². The molecule has 1 rings (SSSR count). The summed E-state index contributed by atoms with van der Waals surface area (Å²) in [5, 5.41) is 0. The van der Waals surface area contributed by atoms with Gasteiger partial charge in [-0.2, -0.15) is 0 Å². The lowest BCUT2D eigenvalue weighted by Crippen LogP contribution is -2.49. The van der Waals surface area contributed by atoms with E-state index in [9.17, 15) is 14.0 Å². The molecule has 0 saturated carbocycles. The minimum atomic E-state index is -1.40. The molecule has 0 heterocycles. The van der Waals surface area contributed by atoms with Gasteiger partial charge in [-0.15, -0.1) is 0 Å². The van der Waals surface area contributed by atoms with Crippen molar-refractivity contribution in [2.45, 2.75) is 19.9 Å². The van der Waals surface area contributed by atoms with Gasteiger partial charge in [0.25, 0.3) is 5.91 Å². The molecule has 0 fully saturated rings. The molecule has 1 aromatic rings. The Balaban J connectivity index is 2.91. The van der Waals surface area contributed by atoms with Crippen LogP contribution in [0.3, 0.4) is 0 Å². The van der Waals surface area contributed by atoms with Crippen molar-refractivity contribution in [2.75, 3.05) is 18.1 Å². The molecule has 1 aromatic carbocycles.